The molecule has 4 aromatic rings. The molecular weight excluding hydrogens is 581 g/mol. The SMILES string of the molecule is CC(C)(C)c1ccc(Oc2ccc3cc(C(=O)NC(Cc4ccc(C(F)(F)F)cc4)C(=O)O)nc(CC4CCCC4)c3c2)cc1. The molecule has 1 atom stereocenters. The number of fused-ring (bicyclic) bond motifs is 1. The molecule has 1 aliphatic rings. The molecule has 1 heterocycles. The lowest BCUT2D eigenvalue weighted by Gasteiger charge is -2.19. The average Bonchev–Trinajstić information content (AvgIpc) is 3.49. The molecule has 1 fully saturated rings. The van der Waals surface area contributed by atoms with Gasteiger partial charge in [-0.15, -0.1) is 0 Å². The van der Waals surface area contributed by atoms with Crippen molar-refractivity contribution in [2.45, 2.75) is 76.9 Å². The van der Waals surface area contributed by atoms with Crippen LogP contribution in [0.4, 0.5) is 13.2 Å². The van der Waals surface area contributed by atoms with Gasteiger partial charge in [0.2, 0.25) is 0 Å². The molecule has 0 bridgehead atoms. The number of ether oxygens (including phenoxy) is 1. The monoisotopic (exact) mass is 618 g/mol. The number of carbonyl (C=O) groups excluding carboxylic acids is 1. The predicted octanol–water partition coefficient (Wildman–Crippen LogP) is 8.50. The third-order valence-electron chi connectivity index (χ3n) is 8.35. The molecule has 45 heavy (non-hydrogen) atoms. The van der Waals surface area contributed by atoms with E-state index in [0.717, 1.165) is 54.3 Å². The first-order valence-corrected chi connectivity index (χ1v) is 15.2. The molecule has 5 rings (SSSR count). The smallest absolute Gasteiger partial charge is 0.416 e. The van der Waals surface area contributed by atoms with E-state index >= 15 is 0 Å². The number of aromatic nitrogens is 1. The summed E-state index contributed by atoms with van der Waals surface area (Å²) >= 11 is 0. The van der Waals surface area contributed by atoms with E-state index < -0.39 is 29.7 Å². The van der Waals surface area contributed by atoms with Crippen LogP contribution in [0.3, 0.4) is 0 Å². The number of aliphatic carboxylic acids is 1. The molecule has 236 valence electrons. The van der Waals surface area contributed by atoms with Crippen molar-refractivity contribution in [2.24, 2.45) is 5.92 Å². The summed E-state index contributed by atoms with van der Waals surface area (Å²) in [7, 11) is 0. The number of nitrogens with one attached hydrogen (secondary N) is 1. The van der Waals surface area contributed by atoms with Crippen LogP contribution in [0.5, 0.6) is 11.5 Å². The van der Waals surface area contributed by atoms with Gasteiger partial charge in [0, 0.05) is 17.5 Å². The maximum Gasteiger partial charge on any atom is 0.416 e. The van der Waals surface area contributed by atoms with E-state index in [0.29, 0.717) is 29.4 Å². The molecular formula is C36H37F3N2O4. The number of halogens is 3. The van der Waals surface area contributed by atoms with Crippen LogP contribution < -0.4 is 10.1 Å². The number of hydrogen-bond donors (Lipinski definition) is 2. The minimum absolute atomic E-state index is 0.0268. The van der Waals surface area contributed by atoms with Crippen molar-refractivity contribution in [3.05, 3.63) is 101 Å². The molecule has 2 N–H and O–H groups in total. The van der Waals surface area contributed by atoms with Gasteiger partial charge < -0.3 is 15.2 Å². The highest BCUT2D eigenvalue weighted by molar-refractivity contribution is 5.99. The lowest BCUT2D eigenvalue weighted by molar-refractivity contribution is -0.139. The summed E-state index contributed by atoms with van der Waals surface area (Å²) in [6.45, 7) is 6.46. The average molecular weight is 619 g/mol. The normalized spacial score (nSPS) is 14.8. The Morgan fingerprint density at radius 2 is 1.53 bits per heavy atom. The molecule has 6 nitrogen and oxygen atoms in total. The van der Waals surface area contributed by atoms with Gasteiger partial charge in [0.05, 0.1) is 5.56 Å². The molecule has 0 radical (unpaired) electrons. The first kappa shape index (κ1) is 32.0. The Hall–Kier alpha value is -4.40. The van der Waals surface area contributed by atoms with Crippen molar-refractivity contribution in [3.63, 3.8) is 0 Å². The first-order valence-electron chi connectivity index (χ1n) is 15.2. The largest absolute Gasteiger partial charge is 0.480 e. The number of pyridine rings is 1. The minimum Gasteiger partial charge on any atom is -0.480 e. The Kier molecular flexibility index (Phi) is 9.18. The van der Waals surface area contributed by atoms with Crippen molar-refractivity contribution >= 4 is 22.6 Å². The van der Waals surface area contributed by atoms with Crippen molar-refractivity contribution in [1.29, 1.82) is 0 Å². The molecule has 9 heteroatoms. The predicted molar refractivity (Wildman–Crippen MR) is 167 cm³/mol. The number of hydrogen-bond acceptors (Lipinski definition) is 4. The van der Waals surface area contributed by atoms with Crippen LogP contribution in [-0.2, 0) is 29.2 Å². The van der Waals surface area contributed by atoms with Gasteiger partial charge in [0.15, 0.2) is 0 Å². The molecule has 1 aromatic heterocycles. The summed E-state index contributed by atoms with van der Waals surface area (Å²) in [5.41, 5.74) is 1.58. The zero-order valence-corrected chi connectivity index (χ0v) is 25.6. The van der Waals surface area contributed by atoms with E-state index in [1.807, 2.05) is 30.3 Å². The van der Waals surface area contributed by atoms with Crippen molar-refractivity contribution in [3.8, 4) is 11.5 Å². The number of benzene rings is 3. The van der Waals surface area contributed by atoms with Crippen molar-refractivity contribution in [1.82, 2.24) is 10.3 Å². The standard InChI is InChI=1S/C36H37F3N2O4/c1-35(2,3)25-13-16-27(17-14-25)45-28-15-10-24-20-31(40-30(29(24)21-28)18-22-6-4-5-7-22)33(42)41-32(34(43)44)19-23-8-11-26(12-9-23)36(37,38)39/h8-17,20-22,32H,4-7,18-19H2,1-3H3,(H,41,42)(H,43,44). The van der Waals surface area contributed by atoms with Crippen LogP contribution in [0.25, 0.3) is 10.8 Å². The van der Waals surface area contributed by atoms with Gasteiger partial charge >= 0.3 is 12.1 Å². The van der Waals surface area contributed by atoms with E-state index in [4.69, 9.17) is 9.72 Å². The molecule has 0 saturated heterocycles. The second-order valence-corrected chi connectivity index (χ2v) is 12.8. The minimum atomic E-state index is -4.50. The fourth-order valence-corrected chi connectivity index (χ4v) is 5.78. The fraction of sp³-hybridized carbons (Fsp3) is 0.361. The first-order chi connectivity index (χ1) is 21.3. The van der Waals surface area contributed by atoms with Gasteiger partial charge in [0.1, 0.15) is 23.2 Å². The quantitative estimate of drug-likeness (QED) is 0.196. The number of nitrogens with zero attached hydrogens (tertiary/aromatic N) is 1. The highest BCUT2D eigenvalue weighted by atomic mass is 19.4. The summed E-state index contributed by atoms with van der Waals surface area (Å²) in [5, 5.41) is 14.0. The van der Waals surface area contributed by atoms with Crippen LogP contribution >= 0.6 is 0 Å². The van der Waals surface area contributed by atoms with Gasteiger partial charge in [0.25, 0.3) is 5.91 Å². The van der Waals surface area contributed by atoms with Gasteiger partial charge in [-0.25, -0.2) is 9.78 Å². The Bertz CT molecular complexity index is 1670. The van der Waals surface area contributed by atoms with E-state index in [1.54, 1.807) is 6.07 Å². The summed E-state index contributed by atoms with van der Waals surface area (Å²) in [5.74, 6) is -0.188. The molecule has 1 amide bonds. The molecule has 3 aromatic carbocycles. The van der Waals surface area contributed by atoms with E-state index in [2.05, 4.69) is 38.2 Å². The third kappa shape index (κ3) is 8.01. The zero-order chi connectivity index (χ0) is 32.4. The van der Waals surface area contributed by atoms with Gasteiger partial charge in [-0.2, -0.15) is 13.2 Å². The molecule has 0 aliphatic heterocycles. The second kappa shape index (κ2) is 12.9. The lowest BCUT2D eigenvalue weighted by atomic mass is 9.87. The van der Waals surface area contributed by atoms with Gasteiger partial charge in [-0.1, -0.05) is 76.8 Å². The number of alkyl halides is 3. The Morgan fingerprint density at radius 1 is 0.911 bits per heavy atom. The number of carbonyl (C=O) groups is 2. The summed E-state index contributed by atoms with van der Waals surface area (Å²) < 4.78 is 45.0. The molecule has 1 unspecified atom stereocenters. The Labute approximate surface area is 260 Å². The highest BCUT2D eigenvalue weighted by Gasteiger charge is 2.30. The second-order valence-electron chi connectivity index (χ2n) is 12.8. The lowest BCUT2D eigenvalue weighted by Crippen LogP contribution is -2.42. The maximum absolute atomic E-state index is 13.4. The van der Waals surface area contributed by atoms with Gasteiger partial charge in [-0.3, -0.25) is 4.79 Å². The number of carboxylic acids is 1. The number of amides is 1. The van der Waals surface area contributed by atoms with Crippen LogP contribution in [0.1, 0.15) is 79.3 Å². The van der Waals surface area contributed by atoms with Crippen LogP contribution in [0, 0.1) is 5.92 Å². The van der Waals surface area contributed by atoms with Gasteiger partial charge in [-0.05, 0) is 76.7 Å². The summed E-state index contributed by atoms with van der Waals surface area (Å²) in [4.78, 5) is 30.1. The topological polar surface area (TPSA) is 88.5 Å². The van der Waals surface area contributed by atoms with E-state index in [1.165, 1.54) is 17.7 Å². The Balaban J connectivity index is 1.39. The summed E-state index contributed by atoms with van der Waals surface area (Å²) in [6.07, 6.45) is 0.433. The number of rotatable bonds is 9. The summed E-state index contributed by atoms with van der Waals surface area (Å²) in [6, 6.07) is 18.1. The molecule has 1 aliphatic carbocycles. The van der Waals surface area contributed by atoms with E-state index in [-0.39, 0.29) is 17.5 Å². The van der Waals surface area contributed by atoms with Crippen LogP contribution in [-0.4, -0.2) is 28.0 Å². The van der Waals surface area contributed by atoms with E-state index in [9.17, 15) is 27.9 Å². The van der Waals surface area contributed by atoms with Crippen LogP contribution in [0.15, 0.2) is 72.8 Å². The van der Waals surface area contributed by atoms with Crippen LogP contribution in [0.2, 0.25) is 0 Å². The maximum atomic E-state index is 13.4. The van der Waals surface area contributed by atoms with Crippen molar-refractivity contribution in [2.75, 3.05) is 0 Å². The molecule has 0 spiro atoms. The zero-order valence-electron chi connectivity index (χ0n) is 25.6. The van der Waals surface area contributed by atoms with Crippen molar-refractivity contribution < 1.29 is 32.6 Å². The highest BCUT2D eigenvalue weighted by Crippen LogP contribution is 2.34. The molecule has 1 saturated carbocycles. The Morgan fingerprint density at radius 3 is 2.13 bits per heavy atom. The third-order valence-corrected chi connectivity index (χ3v) is 8.35. The number of carboxylic acid groups (broad SMARTS) is 1. The fourth-order valence-electron chi connectivity index (χ4n) is 5.78.